The van der Waals surface area contributed by atoms with Crippen LogP contribution in [0.25, 0.3) is 0 Å². The van der Waals surface area contributed by atoms with Gasteiger partial charge in [-0.15, -0.1) is 0 Å². The van der Waals surface area contributed by atoms with Crippen molar-refractivity contribution in [1.82, 2.24) is 5.32 Å². The molecule has 1 unspecified atom stereocenters. The van der Waals surface area contributed by atoms with Crippen molar-refractivity contribution >= 4 is 24.5 Å². The molecule has 0 saturated heterocycles. The number of aromatic hydroxyl groups is 1. The van der Waals surface area contributed by atoms with E-state index in [0.29, 0.717) is 16.6 Å². The molecule has 2 rings (SSSR count). The molecule has 0 fully saturated rings. The first-order valence-electron chi connectivity index (χ1n) is 8.28. The van der Waals surface area contributed by atoms with Gasteiger partial charge in [-0.3, -0.25) is 4.79 Å². The molecule has 2 aromatic carbocycles. The second kappa shape index (κ2) is 9.18. The molecule has 0 spiro atoms. The molecule has 1 amide bonds. The number of carboxylic acid groups (broad SMARTS) is 1. The van der Waals surface area contributed by atoms with Crippen LogP contribution in [0.3, 0.4) is 0 Å². The Bertz CT molecular complexity index is 779. The number of nitrogens with one attached hydrogen (secondary N) is 1. The minimum Gasteiger partial charge on any atom is -0.508 e. The number of hydrogen-bond donors (Lipinski definition) is 6. The van der Waals surface area contributed by atoms with Gasteiger partial charge in [0.25, 0.3) is 0 Å². The minimum absolute atomic E-state index is 0.0527. The summed E-state index contributed by atoms with van der Waals surface area (Å²) in [5, 5.41) is 39.2. The minimum atomic E-state index is -1.58. The molecule has 2 atom stereocenters. The van der Waals surface area contributed by atoms with Gasteiger partial charge in [-0.2, -0.15) is 0 Å². The molecule has 0 radical (unpaired) electrons. The van der Waals surface area contributed by atoms with Gasteiger partial charge in [-0.05, 0) is 35.1 Å². The van der Waals surface area contributed by atoms with Crippen molar-refractivity contribution in [1.29, 1.82) is 0 Å². The van der Waals surface area contributed by atoms with Gasteiger partial charge in [0.1, 0.15) is 11.8 Å². The SMILES string of the molecule is NC(Cc1ccc(B(O)O)cc1)C(=O)N[C@@H](Cc1ccc(O)cc1)C(=O)O. The van der Waals surface area contributed by atoms with Gasteiger partial charge in [-0.1, -0.05) is 36.4 Å². The molecule has 0 aliphatic heterocycles. The highest BCUT2D eigenvalue weighted by molar-refractivity contribution is 6.58. The molecule has 7 N–H and O–H groups in total. The summed E-state index contributed by atoms with van der Waals surface area (Å²) in [6, 6.07) is 10.2. The van der Waals surface area contributed by atoms with E-state index in [1.807, 2.05) is 0 Å². The number of aliphatic carboxylic acids is 1. The molecule has 27 heavy (non-hydrogen) atoms. The van der Waals surface area contributed by atoms with E-state index >= 15 is 0 Å². The van der Waals surface area contributed by atoms with E-state index in [9.17, 15) is 19.8 Å². The number of carboxylic acids is 1. The summed E-state index contributed by atoms with van der Waals surface area (Å²) in [7, 11) is -1.58. The van der Waals surface area contributed by atoms with E-state index in [-0.39, 0.29) is 18.6 Å². The summed E-state index contributed by atoms with van der Waals surface area (Å²) in [4.78, 5) is 23.7. The Morgan fingerprint density at radius 2 is 1.48 bits per heavy atom. The molecule has 0 bridgehead atoms. The third kappa shape index (κ3) is 6.10. The molecule has 2 aromatic rings. The van der Waals surface area contributed by atoms with E-state index in [1.165, 1.54) is 24.3 Å². The van der Waals surface area contributed by atoms with Crippen molar-refractivity contribution in [2.75, 3.05) is 0 Å². The van der Waals surface area contributed by atoms with Gasteiger partial charge in [0.2, 0.25) is 5.91 Å². The molecule has 0 aliphatic carbocycles. The largest absolute Gasteiger partial charge is 0.508 e. The normalized spacial score (nSPS) is 12.9. The van der Waals surface area contributed by atoms with Crippen LogP contribution in [0.5, 0.6) is 5.75 Å². The number of hydrogen-bond acceptors (Lipinski definition) is 6. The van der Waals surface area contributed by atoms with Gasteiger partial charge in [0, 0.05) is 6.42 Å². The zero-order chi connectivity index (χ0) is 20.0. The summed E-state index contributed by atoms with van der Waals surface area (Å²) in [5.74, 6) is -1.73. The highest BCUT2D eigenvalue weighted by Gasteiger charge is 2.24. The lowest BCUT2D eigenvalue weighted by molar-refractivity contribution is -0.141. The molecule has 9 heteroatoms. The monoisotopic (exact) mass is 372 g/mol. The number of carbonyl (C=O) groups excluding carboxylic acids is 1. The van der Waals surface area contributed by atoms with Crippen LogP contribution in [0.1, 0.15) is 11.1 Å². The van der Waals surface area contributed by atoms with Crippen molar-refractivity contribution in [3.8, 4) is 5.75 Å². The maximum atomic E-state index is 12.3. The predicted octanol–water partition coefficient (Wildman–Crippen LogP) is -1.25. The molecular weight excluding hydrogens is 351 g/mol. The summed E-state index contributed by atoms with van der Waals surface area (Å²) in [5.41, 5.74) is 7.54. The molecule has 0 saturated carbocycles. The number of carbonyl (C=O) groups is 2. The molecule has 142 valence electrons. The Morgan fingerprint density at radius 3 is 2.00 bits per heavy atom. The lowest BCUT2D eigenvalue weighted by atomic mass is 9.80. The van der Waals surface area contributed by atoms with E-state index in [1.54, 1.807) is 24.3 Å². The number of nitrogens with two attached hydrogens (primary N) is 1. The number of amides is 1. The topological polar surface area (TPSA) is 153 Å². The zero-order valence-corrected chi connectivity index (χ0v) is 14.4. The van der Waals surface area contributed by atoms with Crippen molar-refractivity contribution in [3.05, 3.63) is 59.7 Å². The first-order chi connectivity index (χ1) is 12.8. The van der Waals surface area contributed by atoms with Crippen LogP contribution in [0, 0.1) is 0 Å². The molecule has 0 heterocycles. The average molecular weight is 372 g/mol. The van der Waals surface area contributed by atoms with Gasteiger partial charge < -0.3 is 31.3 Å². The Hall–Kier alpha value is -2.88. The van der Waals surface area contributed by atoms with Crippen molar-refractivity contribution < 1.29 is 29.9 Å². The Balaban J connectivity index is 1.97. The second-order valence-corrected chi connectivity index (χ2v) is 6.20. The molecule has 0 aliphatic rings. The lowest BCUT2D eigenvalue weighted by Gasteiger charge is -2.18. The fraction of sp³-hybridized carbons (Fsp3) is 0.222. The van der Waals surface area contributed by atoms with Crippen LogP contribution in [0.4, 0.5) is 0 Å². The summed E-state index contributed by atoms with van der Waals surface area (Å²) < 4.78 is 0. The number of phenolic OH excluding ortho intramolecular Hbond substituents is 1. The predicted molar refractivity (Wildman–Crippen MR) is 99.3 cm³/mol. The first kappa shape index (κ1) is 20.4. The van der Waals surface area contributed by atoms with Crippen LogP contribution < -0.4 is 16.5 Å². The quantitative estimate of drug-likeness (QED) is 0.317. The molecular formula is C18H21BN2O6. The summed E-state index contributed by atoms with van der Waals surface area (Å²) in [6.45, 7) is 0. The smallest absolute Gasteiger partial charge is 0.488 e. The van der Waals surface area contributed by atoms with Crippen molar-refractivity contribution in [2.45, 2.75) is 24.9 Å². The fourth-order valence-electron chi connectivity index (χ4n) is 2.52. The highest BCUT2D eigenvalue weighted by atomic mass is 16.4. The first-order valence-corrected chi connectivity index (χ1v) is 8.28. The van der Waals surface area contributed by atoms with E-state index in [0.717, 1.165) is 0 Å². The maximum Gasteiger partial charge on any atom is 0.488 e. The third-order valence-corrected chi connectivity index (χ3v) is 4.06. The van der Waals surface area contributed by atoms with E-state index < -0.39 is 31.1 Å². The van der Waals surface area contributed by atoms with Crippen LogP contribution in [-0.2, 0) is 22.4 Å². The van der Waals surface area contributed by atoms with Crippen LogP contribution in [-0.4, -0.2) is 51.3 Å². The lowest BCUT2D eigenvalue weighted by Crippen LogP contribution is -2.50. The summed E-state index contributed by atoms with van der Waals surface area (Å²) in [6.07, 6.45) is 0.219. The zero-order valence-electron chi connectivity index (χ0n) is 14.4. The number of rotatable bonds is 8. The molecule has 8 nitrogen and oxygen atoms in total. The Labute approximate surface area is 156 Å². The van der Waals surface area contributed by atoms with Gasteiger partial charge in [0.05, 0.1) is 6.04 Å². The second-order valence-electron chi connectivity index (χ2n) is 6.20. The Kier molecular flexibility index (Phi) is 6.94. The third-order valence-electron chi connectivity index (χ3n) is 4.06. The Morgan fingerprint density at radius 1 is 0.963 bits per heavy atom. The number of phenols is 1. The van der Waals surface area contributed by atoms with Gasteiger partial charge >= 0.3 is 13.1 Å². The number of benzene rings is 2. The maximum absolute atomic E-state index is 12.3. The van der Waals surface area contributed by atoms with Crippen molar-refractivity contribution in [2.24, 2.45) is 5.73 Å². The van der Waals surface area contributed by atoms with Crippen LogP contribution in [0.2, 0.25) is 0 Å². The van der Waals surface area contributed by atoms with Crippen molar-refractivity contribution in [3.63, 3.8) is 0 Å². The average Bonchev–Trinajstić information content (AvgIpc) is 2.63. The van der Waals surface area contributed by atoms with Crippen LogP contribution >= 0.6 is 0 Å². The summed E-state index contributed by atoms with van der Waals surface area (Å²) >= 11 is 0. The highest BCUT2D eigenvalue weighted by Crippen LogP contribution is 2.11. The van der Waals surface area contributed by atoms with Gasteiger partial charge in [-0.25, -0.2) is 4.79 Å². The van der Waals surface area contributed by atoms with E-state index in [4.69, 9.17) is 15.8 Å². The van der Waals surface area contributed by atoms with Crippen LogP contribution in [0.15, 0.2) is 48.5 Å². The standard InChI is InChI=1S/C18H21BN2O6/c20-15(9-11-1-5-13(6-2-11)19(26)27)17(23)21-16(18(24)25)10-12-3-7-14(22)8-4-12/h1-8,15-16,22,26-27H,9-10,20H2,(H,21,23)(H,24,25)/t15?,16-/m0/s1. The van der Waals surface area contributed by atoms with E-state index in [2.05, 4.69) is 5.32 Å². The molecule has 0 aromatic heterocycles. The van der Waals surface area contributed by atoms with Gasteiger partial charge in [0.15, 0.2) is 0 Å². The fourth-order valence-corrected chi connectivity index (χ4v) is 2.52.